The summed E-state index contributed by atoms with van der Waals surface area (Å²) in [4.78, 5) is 14.2. The van der Waals surface area contributed by atoms with Gasteiger partial charge in [-0.15, -0.1) is 8.78 Å². The summed E-state index contributed by atoms with van der Waals surface area (Å²) in [5, 5.41) is 19.8. The maximum atomic E-state index is 16.4. The Balaban J connectivity index is 1.84. The number of fused-ring (bicyclic) bond motifs is 2. The van der Waals surface area contributed by atoms with Crippen LogP contribution in [0.25, 0.3) is 10.9 Å². The van der Waals surface area contributed by atoms with Crippen LogP contribution >= 0.6 is 0 Å². The highest BCUT2D eigenvalue weighted by Crippen LogP contribution is 2.52. The molecule has 9 heteroatoms. The third-order valence-corrected chi connectivity index (χ3v) is 5.99. The van der Waals surface area contributed by atoms with Gasteiger partial charge in [-0.05, 0) is 60.5 Å². The number of ether oxygens (including phenoxy) is 2. The normalized spacial score (nSPS) is 30.6. The Hall–Kier alpha value is -3.04. The van der Waals surface area contributed by atoms with E-state index in [0.29, 0.717) is 0 Å². The minimum Gasteiger partial charge on any atom is -0.395 e. The van der Waals surface area contributed by atoms with Gasteiger partial charge in [0.15, 0.2) is 11.5 Å². The number of alkyl halides is 2. The van der Waals surface area contributed by atoms with Crippen molar-refractivity contribution in [1.29, 1.82) is 0 Å². The lowest BCUT2D eigenvalue weighted by atomic mass is 9.86. The Kier molecular flexibility index (Phi) is 2.89. The van der Waals surface area contributed by atoms with Crippen LogP contribution in [-0.4, -0.2) is 39.5 Å². The van der Waals surface area contributed by atoms with Crippen molar-refractivity contribution in [2.24, 2.45) is 0 Å². The molecule has 2 aromatic carbocycles. The molecule has 0 radical (unpaired) electrons. The van der Waals surface area contributed by atoms with E-state index in [0.717, 1.165) is 6.92 Å². The minimum atomic E-state index is -4.48. The molecule has 1 aromatic heterocycles. The molecule has 37 heavy (non-hydrogen) atoms. The second-order valence-corrected chi connectivity index (χ2v) is 8.59. The Labute approximate surface area is 236 Å². The molecule has 0 amide bonds. The second kappa shape index (κ2) is 8.77. The van der Waals surface area contributed by atoms with Gasteiger partial charge in [-0.2, -0.15) is 0 Å². The highest BCUT2D eigenvalue weighted by Gasteiger charge is 2.52. The molecular formula is C28H30F3NO5. The van der Waals surface area contributed by atoms with Crippen LogP contribution in [0.2, 0.25) is 0 Å². The number of hydrogen-bond donors (Lipinski definition) is 2. The Morgan fingerprint density at radius 2 is 2.05 bits per heavy atom. The van der Waals surface area contributed by atoms with Gasteiger partial charge in [-0.25, -0.2) is 4.39 Å². The minimum absolute atomic E-state index is 0.0525. The number of ketones is 1. The van der Waals surface area contributed by atoms with Crippen LogP contribution in [0.5, 0.6) is 11.5 Å². The summed E-state index contributed by atoms with van der Waals surface area (Å²) in [6, 6.07) is -7.69. The molecule has 0 bridgehead atoms. The Morgan fingerprint density at radius 3 is 2.70 bits per heavy atom. The van der Waals surface area contributed by atoms with Crippen molar-refractivity contribution < 1.29 is 61.0 Å². The lowest BCUT2D eigenvalue weighted by Crippen LogP contribution is -2.26. The van der Waals surface area contributed by atoms with E-state index in [2.05, 4.69) is 9.47 Å². The average Bonchev–Trinajstić information content (AvgIpc) is 3.34. The fourth-order valence-corrected chi connectivity index (χ4v) is 3.71. The zero-order valence-corrected chi connectivity index (χ0v) is 19.2. The Bertz CT molecular complexity index is 2120. The summed E-state index contributed by atoms with van der Waals surface area (Å²) in [6.07, 6.45) is -17.4. The molecule has 2 N–H and O–H groups in total. The zero-order valence-electron chi connectivity index (χ0n) is 36.2. The van der Waals surface area contributed by atoms with Crippen LogP contribution in [-0.2, 0) is 28.5 Å². The van der Waals surface area contributed by atoms with Crippen molar-refractivity contribution in [3.05, 3.63) is 58.9 Å². The summed E-state index contributed by atoms with van der Waals surface area (Å²) in [7, 11) is 0. The molecular weight excluding hydrogens is 487 g/mol. The highest BCUT2D eigenvalue weighted by molar-refractivity contribution is 5.95. The molecule has 2 heterocycles. The fraction of sp³-hybridized carbons (Fsp3) is 0.464. The van der Waals surface area contributed by atoms with Crippen LogP contribution in [0, 0.1) is 5.82 Å². The molecule has 0 saturated heterocycles. The number of halogens is 3. The number of aliphatic hydroxyl groups is 2. The third kappa shape index (κ3) is 4.48. The van der Waals surface area contributed by atoms with Gasteiger partial charge in [0, 0.05) is 31.1 Å². The average molecular weight is 535 g/mol. The quantitative estimate of drug-likeness (QED) is 0.405. The number of carbonyl (C=O) groups excluding carboxylic acids is 1. The highest BCUT2D eigenvalue weighted by atomic mass is 19.3. The molecule has 3 aromatic rings. The largest absolute Gasteiger partial charge is 0.586 e. The molecule has 6 nitrogen and oxygen atoms in total. The predicted molar refractivity (Wildman–Crippen MR) is 131 cm³/mol. The van der Waals surface area contributed by atoms with E-state index < -0.39 is 149 Å². The first-order valence-corrected chi connectivity index (χ1v) is 10.8. The Morgan fingerprint density at radius 1 is 1.32 bits per heavy atom. The molecule has 1 aliphatic carbocycles. The maximum absolute atomic E-state index is 16.4. The number of Topliss-reactive ketones (excluding diaryl/α,β-unsaturated/α-hetero) is 1. The van der Waals surface area contributed by atoms with Crippen molar-refractivity contribution >= 4 is 16.7 Å². The zero-order chi connectivity index (χ0) is 41.6. The number of hydrogen-bond acceptors (Lipinski definition) is 5. The van der Waals surface area contributed by atoms with Crippen LogP contribution in [0.4, 0.5) is 13.2 Å². The summed E-state index contributed by atoms with van der Waals surface area (Å²) in [5.41, 5.74) is -9.82. The van der Waals surface area contributed by atoms with E-state index in [1.54, 1.807) is 0 Å². The maximum Gasteiger partial charge on any atom is 0.586 e. The fourth-order valence-electron chi connectivity index (χ4n) is 3.71. The number of rotatable bonds is 9. The van der Waals surface area contributed by atoms with Gasteiger partial charge in [0.05, 0.1) is 45.1 Å². The van der Waals surface area contributed by atoms with Crippen molar-refractivity contribution in [1.82, 2.24) is 4.57 Å². The van der Waals surface area contributed by atoms with Gasteiger partial charge < -0.3 is 24.3 Å². The first kappa shape index (κ1) is 12.2. The standard InChI is InChI=1S/C28H30F3NO5/c1-4-26(2,3)24-10-17-9-16(20(29)13-21(17)32(24)14-19(34)15-33)11-25(35)27(7-8-27)18-5-6-22-23(12-18)37-28(30,31)36-22/h5-6,9-10,12-13,19,33-34H,4,7-8,11,14-15H2,1-3H3/t19-/m0/s1/i2D2,5D,6D,7D2,8D2,9D,10D,12D,13D,14D2,15D2,19D/t19-,26?. The SMILES string of the molecule is [2H]c1c([2H])c(C2(C(=O)Cc3c(F)c([2H])c4c(c3[2H])c([2H])c(C(C)(CC)C([2H])[2H])n4C([2H])([2H])[C@]([2H])(O)C([2H])([2H])O)C([2H])([2H])C2([2H])[2H])c([2H])c2c1OC(F)(F)O2. The van der Waals surface area contributed by atoms with E-state index in [1.807, 2.05) is 0 Å². The molecule has 5 rings (SSSR count). The molecule has 1 fully saturated rings. The second-order valence-electron chi connectivity index (χ2n) is 8.59. The van der Waals surface area contributed by atoms with Crippen LogP contribution in [0.3, 0.4) is 0 Å². The van der Waals surface area contributed by atoms with Crippen molar-refractivity contribution in [3.8, 4) is 11.5 Å². The van der Waals surface area contributed by atoms with Crippen LogP contribution < -0.4 is 9.47 Å². The van der Waals surface area contributed by atoms with Gasteiger partial charge in [0.2, 0.25) is 0 Å². The number of carbonyl (C=O) groups is 1. The molecule has 0 spiro atoms. The first-order chi connectivity index (χ1) is 24.2. The van der Waals surface area contributed by atoms with Gasteiger partial charge in [-0.3, -0.25) is 4.79 Å². The third-order valence-electron chi connectivity index (χ3n) is 5.99. The molecule has 1 aliphatic heterocycles. The van der Waals surface area contributed by atoms with E-state index in [4.69, 9.17) is 23.3 Å². The van der Waals surface area contributed by atoms with Gasteiger partial charge in [0.1, 0.15) is 11.6 Å². The summed E-state index contributed by atoms with van der Waals surface area (Å²) in [5.74, 6) is -6.03. The van der Waals surface area contributed by atoms with Crippen molar-refractivity contribution in [2.45, 2.75) is 76.0 Å². The topological polar surface area (TPSA) is 80.9 Å². The van der Waals surface area contributed by atoms with Crippen LogP contribution in [0.1, 0.15) is 80.0 Å². The van der Waals surface area contributed by atoms with E-state index in [9.17, 15) is 23.8 Å². The molecule has 198 valence electrons. The predicted octanol–water partition coefficient (Wildman–Crippen LogP) is 4.99. The molecule has 2 atom stereocenters. The van der Waals surface area contributed by atoms with Crippen LogP contribution in [0.15, 0.2) is 36.3 Å². The van der Waals surface area contributed by atoms with Gasteiger partial charge >= 0.3 is 6.29 Å². The first-order valence-electron chi connectivity index (χ1n) is 19.4. The van der Waals surface area contributed by atoms with Crippen molar-refractivity contribution in [2.75, 3.05) is 6.56 Å². The van der Waals surface area contributed by atoms with Crippen molar-refractivity contribution in [3.63, 3.8) is 0 Å². The smallest absolute Gasteiger partial charge is 0.395 e. The number of nitrogens with zero attached hydrogens (tertiary/aromatic N) is 1. The monoisotopic (exact) mass is 534 g/mol. The van der Waals surface area contributed by atoms with Gasteiger partial charge in [-0.1, -0.05) is 26.8 Å². The summed E-state index contributed by atoms with van der Waals surface area (Å²) >= 11 is 0. The summed E-state index contributed by atoms with van der Waals surface area (Å²) < 4.78 is 195. The lowest BCUT2D eigenvalue weighted by molar-refractivity contribution is -0.286. The molecule has 1 unspecified atom stereocenters. The van der Waals surface area contributed by atoms with E-state index in [1.165, 1.54) is 6.92 Å². The lowest BCUT2D eigenvalue weighted by Gasteiger charge is -2.26. The molecule has 1 saturated carbocycles. The van der Waals surface area contributed by atoms with E-state index in [-0.39, 0.29) is 11.0 Å². The number of aromatic nitrogens is 1. The van der Waals surface area contributed by atoms with Gasteiger partial charge in [0.25, 0.3) is 0 Å². The molecule has 2 aliphatic rings. The van der Waals surface area contributed by atoms with E-state index >= 15 is 4.39 Å². The number of benzene rings is 2. The summed E-state index contributed by atoms with van der Waals surface area (Å²) in [6.45, 7) is -7.65.